The highest BCUT2D eigenvalue weighted by Gasteiger charge is 2.36. The first kappa shape index (κ1) is 21.7. The molecule has 2 aliphatic heterocycles. The number of fused-ring (bicyclic) bond motifs is 1. The van der Waals surface area contributed by atoms with Crippen LogP contribution in [0.25, 0.3) is 0 Å². The lowest BCUT2D eigenvalue weighted by Crippen LogP contribution is -2.50. The maximum atomic E-state index is 13.0. The molecule has 8 heteroatoms. The molecule has 32 heavy (non-hydrogen) atoms. The van der Waals surface area contributed by atoms with E-state index in [2.05, 4.69) is 0 Å². The van der Waals surface area contributed by atoms with E-state index in [0.717, 1.165) is 0 Å². The van der Waals surface area contributed by atoms with Gasteiger partial charge in [-0.3, -0.25) is 24.1 Å². The Kier molecular flexibility index (Phi) is 6.32. The zero-order chi connectivity index (χ0) is 22.7. The molecule has 0 aromatic heterocycles. The van der Waals surface area contributed by atoms with Crippen LogP contribution in [0.5, 0.6) is 0 Å². The quantitative estimate of drug-likeness (QED) is 0.511. The molecule has 8 nitrogen and oxygen atoms in total. The lowest BCUT2D eigenvalue weighted by Gasteiger charge is -2.35. The summed E-state index contributed by atoms with van der Waals surface area (Å²) in [5.41, 5.74) is 1.58. The van der Waals surface area contributed by atoms with Gasteiger partial charge in [0, 0.05) is 57.6 Å². The van der Waals surface area contributed by atoms with Gasteiger partial charge in [-0.1, -0.05) is 18.2 Å². The molecule has 0 unspecified atom stereocenters. The Hall–Kier alpha value is -3.52. The topological polar surface area (TPSA) is 87.2 Å². The highest BCUT2D eigenvalue weighted by molar-refractivity contribution is 6.22. The molecular formula is C24H25N3O5. The molecule has 2 aromatic rings. The Morgan fingerprint density at radius 1 is 0.812 bits per heavy atom. The van der Waals surface area contributed by atoms with Crippen LogP contribution in [0.4, 0.5) is 0 Å². The molecule has 4 amide bonds. The molecule has 4 rings (SSSR count). The molecule has 2 heterocycles. The molecule has 166 valence electrons. The monoisotopic (exact) mass is 435 g/mol. The number of benzene rings is 2. The number of hydrogen-bond donors (Lipinski definition) is 0. The van der Waals surface area contributed by atoms with Gasteiger partial charge in [0.1, 0.15) is 0 Å². The fourth-order valence-electron chi connectivity index (χ4n) is 4.05. The van der Waals surface area contributed by atoms with E-state index in [9.17, 15) is 19.2 Å². The van der Waals surface area contributed by atoms with Gasteiger partial charge in [-0.2, -0.15) is 0 Å². The minimum Gasteiger partial charge on any atom is -0.385 e. The third kappa shape index (κ3) is 4.13. The van der Waals surface area contributed by atoms with Crippen LogP contribution in [0.3, 0.4) is 0 Å². The van der Waals surface area contributed by atoms with Gasteiger partial charge in [-0.05, 0) is 36.8 Å². The van der Waals surface area contributed by atoms with Gasteiger partial charge in [-0.15, -0.1) is 0 Å². The van der Waals surface area contributed by atoms with Gasteiger partial charge < -0.3 is 14.5 Å². The van der Waals surface area contributed by atoms with Crippen molar-refractivity contribution < 1.29 is 23.9 Å². The van der Waals surface area contributed by atoms with Crippen LogP contribution in [-0.2, 0) is 4.74 Å². The van der Waals surface area contributed by atoms with Crippen molar-refractivity contribution in [2.45, 2.75) is 6.42 Å². The van der Waals surface area contributed by atoms with Crippen molar-refractivity contribution >= 4 is 23.6 Å². The number of ether oxygens (including phenoxy) is 1. The van der Waals surface area contributed by atoms with Gasteiger partial charge >= 0.3 is 0 Å². The third-order valence-electron chi connectivity index (χ3n) is 5.82. The number of methoxy groups -OCH3 is 1. The van der Waals surface area contributed by atoms with Crippen molar-refractivity contribution in [1.82, 2.24) is 14.7 Å². The van der Waals surface area contributed by atoms with Crippen LogP contribution in [0.15, 0.2) is 48.5 Å². The molecule has 0 N–H and O–H groups in total. The van der Waals surface area contributed by atoms with Crippen LogP contribution in [0.1, 0.15) is 47.9 Å². The summed E-state index contributed by atoms with van der Waals surface area (Å²) >= 11 is 0. The van der Waals surface area contributed by atoms with Crippen molar-refractivity contribution in [3.8, 4) is 0 Å². The first-order valence-corrected chi connectivity index (χ1v) is 10.6. The number of carbonyl (C=O) groups excluding carboxylic acids is 4. The van der Waals surface area contributed by atoms with Crippen molar-refractivity contribution in [2.75, 3.05) is 46.4 Å². The summed E-state index contributed by atoms with van der Waals surface area (Å²) in [7, 11) is 1.57. The minimum atomic E-state index is -0.381. The Labute approximate surface area is 186 Å². The minimum absolute atomic E-state index is 0.0482. The van der Waals surface area contributed by atoms with Crippen LogP contribution in [0, 0.1) is 0 Å². The van der Waals surface area contributed by atoms with E-state index in [-0.39, 0.29) is 35.7 Å². The number of imide groups is 1. The summed E-state index contributed by atoms with van der Waals surface area (Å²) in [6.07, 6.45) is 0.555. The first-order chi connectivity index (χ1) is 15.5. The largest absolute Gasteiger partial charge is 0.385 e. The Morgan fingerprint density at radius 3 is 2.03 bits per heavy atom. The van der Waals surface area contributed by atoms with Crippen molar-refractivity contribution in [2.24, 2.45) is 0 Å². The SMILES string of the molecule is COCCCN1C(=O)c2ccc(C(=O)N3CCN(C(=O)c4ccccc4)CC3)cc2C1=O. The zero-order valence-corrected chi connectivity index (χ0v) is 18.0. The first-order valence-electron chi connectivity index (χ1n) is 10.6. The molecule has 0 spiro atoms. The number of carbonyl (C=O) groups is 4. The smallest absolute Gasteiger partial charge is 0.261 e. The number of rotatable bonds is 6. The lowest BCUT2D eigenvalue weighted by molar-refractivity contribution is 0.0535. The predicted molar refractivity (Wildman–Crippen MR) is 117 cm³/mol. The summed E-state index contributed by atoms with van der Waals surface area (Å²) in [6, 6.07) is 13.7. The highest BCUT2D eigenvalue weighted by Crippen LogP contribution is 2.25. The molecule has 0 radical (unpaired) electrons. The molecule has 0 saturated carbocycles. The lowest BCUT2D eigenvalue weighted by atomic mass is 10.0. The summed E-state index contributed by atoms with van der Waals surface area (Å²) in [5, 5.41) is 0. The van der Waals surface area contributed by atoms with Gasteiger partial charge in [0.2, 0.25) is 0 Å². The van der Waals surface area contributed by atoms with Gasteiger partial charge in [0.05, 0.1) is 11.1 Å². The maximum Gasteiger partial charge on any atom is 0.261 e. The Bertz CT molecular complexity index is 1040. The molecule has 1 fully saturated rings. The fraction of sp³-hybridized carbons (Fsp3) is 0.333. The third-order valence-corrected chi connectivity index (χ3v) is 5.82. The summed E-state index contributed by atoms with van der Waals surface area (Å²) in [4.78, 5) is 55.5. The fourth-order valence-corrected chi connectivity index (χ4v) is 4.05. The van der Waals surface area contributed by atoms with Crippen LogP contribution >= 0.6 is 0 Å². The van der Waals surface area contributed by atoms with E-state index in [1.807, 2.05) is 18.2 Å². The average molecular weight is 435 g/mol. The summed E-state index contributed by atoms with van der Waals surface area (Å²) < 4.78 is 4.99. The van der Waals surface area contributed by atoms with Gasteiger partial charge in [0.15, 0.2) is 0 Å². The maximum absolute atomic E-state index is 13.0. The molecular weight excluding hydrogens is 410 g/mol. The van der Waals surface area contributed by atoms with E-state index in [0.29, 0.717) is 55.9 Å². The zero-order valence-electron chi connectivity index (χ0n) is 18.0. The number of amides is 4. The van der Waals surface area contributed by atoms with Gasteiger partial charge in [-0.25, -0.2) is 0 Å². The Balaban J connectivity index is 1.41. The molecule has 2 aliphatic rings. The second-order valence-electron chi connectivity index (χ2n) is 7.82. The highest BCUT2D eigenvalue weighted by atomic mass is 16.5. The Morgan fingerprint density at radius 2 is 1.41 bits per heavy atom. The number of nitrogens with zero attached hydrogens (tertiary/aromatic N) is 3. The molecule has 2 aromatic carbocycles. The van der Waals surface area contributed by atoms with E-state index in [1.54, 1.807) is 41.2 Å². The van der Waals surface area contributed by atoms with Crippen LogP contribution in [0.2, 0.25) is 0 Å². The second kappa shape index (κ2) is 9.32. The van der Waals surface area contributed by atoms with E-state index in [4.69, 9.17) is 4.74 Å². The average Bonchev–Trinajstić information content (AvgIpc) is 3.08. The predicted octanol–water partition coefficient (Wildman–Crippen LogP) is 1.92. The van der Waals surface area contributed by atoms with E-state index < -0.39 is 0 Å². The van der Waals surface area contributed by atoms with Crippen molar-refractivity contribution in [3.63, 3.8) is 0 Å². The van der Waals surface area contributed by atoms with Crippen molar-refractivity contribution in [1.29, 1.82) is 0 Å². The normalized spacial score (nSPS) is 15.8. The molecule has 0 aliphatic carbocycles. The van der Waals surface area contributed by atoms with E-state index in [1.165, 1.54) is 11.0 Å². The summed E-state index contributed by atoms with van der Waals surface area (Å²) in [6.45, 7) is 2.43. The standard InChI is InChI=1S/C24H25N3O5/c1-32-15-5-10-27-23(30)19-9-8-18(16-20(19)24(27)31)22(29)26-13-11-25(12-14-26)21(28)17-6-3-2-4-7-17/h2-4,6-9,16H,5,10-15H2,1H3. The van der Waals surface area contributed by atoms with Crippen LogP contribution in [-0.4, -0.2) is 84.8 Å². The van der Waals surface area contributed by atoms with Crippen LogP contribution < -0.4 is 0 Å². The van der Waals surface area contributed by atoms with E-state index >= 15 is 0 Å². The molecule has 1 saturated heterocycles. The molecule has 0 bridgehead atoms. The molecule has 0 atom stereocenters. The van der Waals surface area contributed by atoms with Gasteiger partial charge in [0.25, 0.3) is 23.6 Å². The summed E-state index contributed by atoms with van der Waals surface area (Å²) in [5.74, 6) is -0.979. The van der Waals surface area contributed by atoms with Crippen molar-refractivity contribution in [3.05, 3.63) is 70.8 Å². The number of hydrogen-bond acceptors (Lipinski definition) is 5. The number of piperazine rings is 1. The second-order valence-corrected chi connectivity index (χ2v) is 7.82.